The molecule has 10 heavy (non-hydrogen) atoms. The van der Waals surface area contributed by atoms with Gasteiger partial charge in [-0.1, -0.05) is 24.3 Å². The maximum Gasteiger partial charge on any atom is 0.0645 e. The van der Waals surface area contributed by atoms with Crippen LogP contribution in [-0.2, 0) is 0 Å². The number of hydrogen-bond donors (Lipinski definition) is 1. The van der Waals surface area contributed by atoms with Gasteiger partial charge in [0.15, 0.2) is 0 Å². The summed E-state index contributed by atoms with van der Waals surface area (Å²) in [6.45, 7) is 1.99. The standard InChI is InChI=1S/C8H13NO/c1-8(9(2)10)6-4-3-5-7-8/h3-6,10H,7H2,1-2H3. The third-order valence-corrected chi connectivity index (χ3v) is 1.97. The Morgan fingerprint density at radius 2 is 2.20 bits per heavy atom. The molecule has 1 rings (SSSR count). The van der Waals surface area contributed by atoms with Gasteiger partial charge in [0.1, 0.15) is 0 Å². The highest BCUT2D eigenvalue weighted by molar-refractivity contribution is 5.18. The van der Waals surface area contributed by atoms with Gasteiger partial charge in [-0.25, -0.2) is 0 Å². The fraction of sp³-hybridized carbons (Fsp3) is 0.500. The Morgan fingerprint density at radius 3 is 2.50 bits per heavy atom. The lowest BCUT2D eigenvalue weighted by Crippen LogP contribution is -2.39. The molecule has 1 N–H and O–H groups in total. The van der Waals surface area contributed by atoms with Crippen LogP contribution in [0.5, 0.6) is 0 Å². The molecule has 0 fully saturated rings. The van der Waals surface area contributed by atoms with Gasteiger partial charge in [-0.05, 0) is 13.3 Å². The zero-order chi connectivity index (χ0) is 7.61. The molecule has 1 unspecified atom stereocenters. The summed E-state index contributed by atoms with van der Waals surface area (Å²) in [7, 11) is 1.67. The fourth-order valence-corrected chi connectivity index (χ4v) is 0.956. The minimum Gasteiger partial charge on any atom is -0.313 e. The van der Waals surface area contributed by atoms with Crippen LogP contribution in [0.25, 0.3) is 0 Å². The van der Waals surface area contributed by atoms with E-state index in [0.29, 0.717) is 0 Å². The predicted molar refractivity (Wildman–Crippen MR) is 40.9 cm³/mol. The van der Waals surface area contributed by atoms with Crippen molar-refractivity contribution in [1.29, 1.82) is 0 Å². The van der Waals surface area contributed by atoms with Crippen LogP contribution in [0.4, 0.5) is 0 Å². The third kappa shape index (κ3) is 1.28. The third-order valence-electron chi connectivity index (χ3n) is 1.97. The van der Waals surface area contributed by atoms with E-state index in [0.717, 1.165) is 6.42 Å². The summed E-state index contributed by atoms with van der Waals surface area (Å²) in [4.78, 5) is 0. The van der Waals surface area contributed by atoms with Gasteiger partial charge in [-0.2, -0.15) is 5.06 Å². The number of rotatable bonds is 1. The molecule has 0 saturated heterocycles. The van der Waals surface area contributed by atoms with E-state index in [9.17, 15) is 5.21 Å². The highest BCUT2D eigenvalue weighted by atomic mass is 16.5. The summed E-state index contributed by atoms with van der Waals surface area (Å²) in [5.74, 6) is 0. The lowest BCUT2D eigenvalue weighted by atomic mass is 9.94. The lowest BCUT2D eigenvalue weighted by molar-refractivity contribution is -0.126. The van der Waals surface area contributed by atoms with E-state index in [1.807, 2.05) is 31.2 Å². The first kappa shape index (κ1) is 7.51. The average molecular weight is 139 g/mol. The summed E-state index contributed by atoms with van der Waals surface area (Å²) < 4.78 is 0. The Bertz CT molecular complexity index is 172. The first-order valence-corrected chi connectivity index (χ1v) is 3.42. The number of hydroxylamine groups is 2. The molecule has 0 aromatic heterocycles. The summed E-state index contributed by atoms with van der Waals surface area (Å²) in [5, 5.41) is 10.4. The van der Waals surface area contributed by atoms with Crippen molar-refractivity contribution in [1.82, 2.24) is 5.06 Å². The molecule has 0 radical (unpaired) electrons. The van der Waals surface area contributed by atoms with Crippen LogP contribution in [0.1, 0.15) is 13.3 Å². The number of nitrogens with zero attached hydrogens (tertiary/aromatic N) is 1. The lowest BCUT2D eigenvalue weighted by Gasteiger charge is -2.31. The Hall–Kier alpha value is -0.600. The van der Waals surface area contributed by atoms with E-state index < -0.39 is 0 Å². The zero-order valence-electron chi connectivity index (χ0n) is 6.41. The summed E-state index contributed by atoms with van der Waals surface area (Å²) in [6.07, 6.45) is 8.86. The normalized spacial score (nSPS) is 31.6. The minimum absolute atomic E-state index is 0.200. The molecule has 56 valence electrons. The average Bonchev–Trinajstić information content (AvgIpc) is 1.89. The largest absolute Gasteiger partial charge is 0.313 e. The van der Waals surface area contributed by atoms with Crippen LogP contribution in [-0.4, -0.2) is 22.9 Å². The van der Waals surface area contributed by atoms with Crippen LogP contribution in [0, 0.1) is 0 Å². The molecule has 2 nitrogen and oxygen atoms in total. The van der Waals surface area contributed by atoms with Crippen LogP contribution < -0.4 is 0 Å². The molecule has 0 spiro atoms. The van der Waals surface area contributed by atoms with Gasteiger partial charge in [0.25, 0.3) is 0 Å². The van der Waals surface area contributed by atoms with Crippen molar-refractivity contribution >= 4 is 0 Å². The molecule has 0 amide bonds. The smallest absolute Gasteiger partial charge is 0.0645 e. The molecule has 0 saturated carbocycles. The van der Waals surface area contributed by atoms with Gasteiger partial charge >= 0.3 is 0 Å². The van der Waals surface area contributed by atoms with Crippen molar-refractivity contribution in [2.75, 3.05) is 7.05 Å². The maximum atomic E-state index is 9.18. The second kappa shape index (κ2) is 2.56. The number of allylic oxidation sites excluding steroid dienone is 2. The first-order chi connectivity index (χ1) is 4.65. The highest BCUT2D eigenvalue weighted by Crippen LogP contribution is 2.21. The van der Waals surface area contributed by atoms with Crippen molar-refractivity contribution in [3.8, 4) is 0 Å². The topological polar surface area (TPSA) is 23.5 Å². The van der Waals surface area contributed by atoms with Gasteiger partial charge in [-0.3, -0.25) is 0 Å². The van der Waals surface area contributed by atoms with Crippen molar-refractivity contribution in [2.24, 2.45) is 0 Å². The first-order valence-electron chi connectivity index (χ1n) is 3.42. The summed E-state index contributed by atoms with van der Waals surface area (Å²) >= 11 is 0. The molecule has 0 aliphatic heterocycles. The second-order valence-corrected chi connectivity index (χ2v) is 2.87. The summed E-state index contributed by atoms with van der Waals surface area (Å²) in [6, 6.07) is 0. The van der Waals surface area contributed by atoms with E-state index in [4.69, 9.17) is 0 Å². The molecule has 2 heteroatoms. The molecular weight excluding hydrogens is 126 g/mol. The van der Waals surface area contributed by atoms with Gasteiger partial charge in [-0.15, -0.1) is 0 Å². The predicted octanol–water partition coefficient (Wildman–Crippen LogP) is 1.58. The van der Waals surface area contributed by atoms with Gasteiger partial charge in [0, 0.05) is 7.05 Å². The van der Waals surface area contributed by atoms with E-state index in [1.54, 1.807) is 7.05 Å². The Labute approximate surface area is 61.4 Å². The molecule has 1 aliphatic rings. The molecular formula is C8H13NO. The summed E-state index contributed by atoms with van der Waals surface area (Å²) in [5.41, 5.74) is -0.200. The monoisotopic (exact) mass is 139 g/mol. The second-order valence-electron chi connectivity index (χ2n) is 2.87. The van der Waals surface area contributed by atoms with Crippen molar-refractivity contribution in [3.05, 3.63) is 24.3 Å². The quantitative estimate of drug-likeness (QED) is 0.557. The Kier molecular flexibility index (Phi) is 1.92. The highest BCUT2D eigenvalue weighted by Gasteiger charge is 2.24. The van der Waals surface area contributed by atoms with Crippen LogP contribution in [0.3, 0.4) is 0 Å². The Balaban J connectivity index is 2.70. The Morgan fingerprint density at radius 1 is 1.50 bits per heavy atom. The molecule has 1 aliphatic carbocycles. The SMILES string of the molecule is CN(O)C1(C)C=CC=CC1. The van der Waals surface area contributed by atoms with Crippen molar-refractivity contribution < 1.29 is 5.21 Å². The van der Waals surface area contributed by atoms with Gasteiger partial charge in [0.2, 0.25) is 0 Å². The van der Waals surface area contributed by atoms with Crippen LogP contribution >= 0.6 is 0 Å². The molecule has 0 aromatic carbocycles. The van der Waals surface area contributed by atoms with Gasteiger partial charge < -0.3 is 5.21 Å². The van der Waals surface area contributed by atoms with E-state index in [-0.39, 0.29) is 5.54 Å². The molecule has 0 bridgehead atoms. The van der Waals surface area contributed by atoms with Crippen molar-refractivity contribution in [2.45, 2.75) is 18.9 Å². The molecule has 0 heterocycles. The molecule has 1 atom stereocenters. The van der Waals surface area contributed by atoms with E-state index >= 15 is 0 Å². The van der Waals surface area contributed by atoms with E-state index in [1.165, 1.54) is 5.06 Å². The van der Waals surface area contributed by atoms with Crippen LogP contribution in [0.15, 0.2) is 24.3 Å². The van der Waals surface area contributed by atoms with E-state index in [2.05, 4.69) is 0 Å². The number of likely N-dealkylation sites (N-methyl/N-ethyl adjacent to an activating group) is 1. The van der Waals surface area contributed by atoms with Crippen LogP contribution in [0.2, 0.25) is 0 Å². The molecule has 0 aromatic rings. The maximum absolute atomic E-state index is 9.18. The fourth-order valence-electron chi connectivity index (χ4n) is 0.956. The van der Waals surface area contributed by atoms with Gasteiger partial charge in [0.05, 0.1) is 5.54 Å². The number of hydrogen-bond acceptors (Lipinski definition) is 2. The zero-order valence-corrected chi connectivity index (χ0v) is 6.41. The van der Waals surface area contributed by atoms with Crippen molar-refractivity contribution in [3.63, 3.8) is 0 Å². The minimum atomic E-state index is -0.200.